The van der Waals surface area contributed by atoms with Crippen molar-refractivity contribution in [2.45, 2.75) is 11.8 Å². The topological polar surface area (TPSA) is 95.7 Å². The summed E-state index contributed by atoms with van der Waals surface area (Å²) in [4.78, 5) is 12.1. The Morgan fingerprint density at radius 2 is 1.76 bits per heavy atom. The van der Waals surface area contributed by atoms with Crippen LogP contribution in [0.2, 0.25) is 0 Å². The quantitative estimate of drug-likeness (QED) is 0.533. The number of para-hydroxylation sites is 1. The molecule has 0 aliphatic rings. The number of nitrogens with one attached hydrogen (secondary N) is 1. The molecule has 0 saturated carbocycles. The van der Waals surface area contributed by atoms with Crippen LogP contribution in [0.25, 0.3) is 11.5 Å². The number of rotatable bonds is 9. The first kappa shape index (κ1) is 20.5. The van der Waals surface area contributed by atoms with Crippen LogP contribution in [0, 0.1) is 0 Å². The molecule has 1 aromatic heterocycles. The van der Waals surface area contributed by atoms with Crippen molar-refractivity contribution in [2.24, 2.45) is 0 Å². The van der Waals surface area contributed by atoms with Gasteiger partial charge in [0, 0.05) is 17.7 Å². The van der Waals surface area contributed by atoms with Gasteiger partial charge in [0.25, 0.3) is 5.22 Å². The standard InChI is InChI=1S/C20H21N3O5S/c1-25-15-7-5-4-6-14(15)11-21-18(24)12-29-20-23-22-19(28-20)13-8-9-16(26-2)17(10-13)27-3/h4-10H,11-12H2,1-3H3,(H,21,24). The molecule has 3 aromatic rings. The fourth-order valence-corrected chi connectivity index (χ4v) is 3.17. The maximum atomic E-state index is 12.1. The van der Waals surface area contributed by atoms with Gasteiger partial charge in [0.1, 0.15) is 5.75 Å². The van der Waals surface area contributed by atoms with Gasteiger partial charge in [-0.2, -0.15) is 0 Å². The molecule has 2 aromatic carbocycles. The van der Waals surface area contributed by atoms with E-state index in [1.54, 1.807) is 39.5 Å². The highest BCUT2D eigenvalue weighted by Gasteiger charge is 2.14. The second-order valence-corrected chi connectivity index (χ2v) is 6.75. The molecule has 0 unspecified atom stereocenters. The zero-order chi connectivity index (χ0) is 20.6. The fourth-order valence-electron chi connectivity index (χ4n) is 2.58. The number of thioether (sulfide) groups is 1. The summed E-state index contributed by atoms with van der Waals surface area (Å²) in [6.45, 7) is 0.379. The zero-order valence-corrected chi connectivity index (χ0v) is 17.1. The van der Waals surface area contributed by atoms with E-state index >= 15 is 0 Å². The SMILES string of the molecule is COc1ccccc1CNC(=O)CSc1nnc(-c2ccc(OC)c(OC)c2)o1. The Labute approximate surface area is 172 Å². The van der Waals surface area contributed by atoms with Crippen LogP contribution in [-0.2, 0) is 11.3 Å². The normalized spacial score (nSPS) is 10.4. The molecule has 1 N–H and O–H groups in total. The number of nitrogens with zero attached hydrogens (tertiary/aromatic N) is 2. The van der Waals surface area contributed by atoms with Crippen LogP contribution < -0.4 is 19.5 Å². The third kappa shape index (κ3) is 5.20. The van der Waals surface area contributed by atoms with Crippen molar-refractivity contribution in [2.75, 3.05) is 27.1 Å². The van der Waals surface area contributed by atoms with E-state index in [0.717, 1.165) is 11.3 Å². The molecule has 9 heteroatoms. The maximum Gasteiger partial charge on any atom is 0.277 e. The Balaban J connectivity index is 1.56. The summed E-state index contributed by atoms with van der Waals surface area (Å²) in [6.07, 6.45) is 0. The molecule has 8 nitrogen and oxygen atoms in total. The predicted octanol–water partition coefficient (Wildman–Crippen LogP) is 3.17. The Kier molecular flexibility index (Phi) is 6.96. The van der Waals surface area contributed by atoms with Gasteiger partial charge < -0.3 is 23.9 Å². The number of benzene rings is 2. The van der Waals surface area contributed by atoms with Crippen LogP contribution in [0.15, 0.2) is 52.1 Å². The molecule has 0 radical (unpaired) electrons. The minimum Gasteiger partial charge on any atom is -0.496 e. The molecule has 0 bridgehead atoms. The Morgan fingerprint density at radius 3 is 2.52 bits per heavy atom. The summed E-state index contributed by atoms with van der Waals surface area (Å²) in [5.74, 6) is 2.25. The fraction of sp³-hybridized carbons (Fsp3) is 0.250. The predicted molar refractivity (Wildman–Crippen MR) is 108 cm³/mol. The van der Waals surface area contributed by atoms with Crippen LogP contribution in [0.4, 0.5) is 0 Å². The van der Waals surface area contributed by atoms with Crippen molar-refractivity contribution < 1.29 is 23.4 Å². The van der Waals surface area contributed by atoms with Crippen LogP contribution in [0.3, 0.4) is 0 Å². The summed E-state index contributed by atoms with van der Waals surface area (Å²) in [5, 5.41) is 11.2. The lowest BCUT2D eigenvalue weighted by molar-refractivity contribution is -0.118. The highest BCUT2D eigenvalue weighted by atomic mass is 32.2. The average Bonchev–Trinajstić information content (AvgIpc) is 3.25. The first-order valence-electron chi connectivity index (χ1n) is 8.72. The Hall–Kier alpha value is -3.20. The van der Waals surface area contributed by atoms with Gasteiger partial charge in [-0.3, -0.25) is 4.79 Å². The van der Waals surface area contributed by atoms with Gasteiger partial charge >= 0.3 is 0 Å². The lowest BCUT2D eigenvalue weighted by atomic mass is 10.2. The van der Waals surface area contributed by atoms with Crippen LogP contribution in [0.1, 0.15) is 5.56 Å². The number of ether oxygens (including phenoxy) is 3. The zero-order valence-electron chi connectivity index (χ0n) is 16.3. The van der Waals surface area contributed by atoms with Crippen molar-refractivity contribution in [3.63, 3.8) is 0 Å². The number of amides is 1. The molecule has 0 aliphatic carbocycles. The number of carbonyl (C=O) groups excluding carboxylic acids is 1. The van der Waals surface area contributed by atoms with E-state index in [1.165, 1.54) is 11.8 Å². The van der Waals surface area contributed by atoms with E-state index in [9.17, 15) is 4.79 Å². The van der Waals surface area contributed by atoms with Crippen molar-refractivity contribution in [1.82, 2.24) is 15.5 Å². The van der Waals surface area contributed by atoms with E-state index < -0.39 is 0 Å². The lowest BCUT2D eigenvalue weighted by Crippen LogP contribution is -2.24. The summed E-state index contributed by atoms with van der Waals surface area (Å²) in [5.41, 5.74) is 1.60. The third-order valence-electron chi connectivity index (χ3n) is 4.03. The first-order valence-corrected chi connectivity index (χ1v) is 9.70. The van der Waals surface area contributed by atoms with Gasteiger partial charge in [-0.15, -0.1) is 10.2 Å². The molecule has 1 amide bonds. The molecule has 0 aliphatic heterocycles. The highest BCUT2D eigenvalue weighted by Crippen LogP contribution is 2.32. The summed E-state index contributed by atoms with van der Waals surface area (Å²) in [6, 6.07) is 12.8. The molecule has 0 fully saturated rings. The van der Waals surface area contributed by atoms with Crippen LogP contribution in [0.5, 0.6) is 17.2 Å². The van der Waals surface area contributed by atoms with Gasteiger partial charge in [-0.25, -0.2) is 0 Å². The van der Waals surface area contributed by atoms with Gasteiger partial charge in [0.2, 0.25) is 11.8 Å². The van der Waals surface area contributed by atoms with Gasteiger partial charge in [-0.05, 0) is 24.3 Å². The van der Waals surface area contributed by atoms with Crippen LogP contribution in [-0.4, -0.2) is 43.2 Å². The molecular formula is C20H21N3O5S. The summed E-state index contributed by atoms with van der Waals surface area (Å²) < 4.78 is 21.4. The smallest absolute Gasteiger partial charge is 0.277 e. The van der Waals surface area contributed by atoms with E-state index in [4.69, 9.17) is 18.6 Å². The number of carbonyl (C=O) groups is 1. The highest BCUT2D eigenvalue weighted by molar-refractivity contribution is 7.99. The molecule has 3 rings (SSSR count). The average molecular weight is 415 g/mol. The largest absolute Gasteiger partial charge is 0.496 e. The van der Waals surface area contributed by atoms with Crippen molar-refractivity contribution in [1.29, 1.82) is 0 Å². The molecule has 0 saturated heterocycles. The number of aromatic nitrogens is 2. The minimum absolute atomic E-state index is 0.147. The van der Waals surface area contributed by atoms with Gasteiger partial charge in [0.05, 0.1) is 27.1 Å². The van der Waals surface area contributed by atoms with E-state index in [1.807, 2.05) is 24.3 Å². The second kappa shape index (κ2) is 9.83. The molecule has 29 heavy (non-hydrogen) atoms. The van der Waals surface area contributed by atoms with Crippen molar-refractivity contribution >= 4 is 17.7 Å². The molecular weight excluding hydrogens is 394 g/mol. The number of hydrogen-bond acceptors (Lipinski definition) is 8. The molecule has 152 valence electrons. The van der Waals surface area contributed by atoms with Crippen LogP contribution >= 0.6 is 11.8 Å². The molecule has 0 atom stereocenters. The third-order valence-corrected chi connectivity index (χ3v) is 4.85. The van der Waals surface area contributed by atoms with E-state index in [2.05, 4.69) is 15.5 Å². The Morgan fingerprint density at radius 1 is 1.00 bits per heavy atom. The first-order chi connectivity index (χ1) is 14.1. The Bertz CT molecular complexity index is 976. The maximum absolute atomic E-state index is 12.1. The van der Waals surface area contributed by atoms with Gasteiger partial charge in [-0.1, -0.05) is 30.0 Å². The minimum atomic E-state index is -0.147. The second-order valence-electron chi connectivity index (χ2n) is 5.82. The number of hydrogen-bond donors (Lipinski definition) is 1. The molecule has 0 spiro atoms. The monoisotopic (exact) mass is 415 g/mol. The number of methoxy groups -OCH3 is 3. The lowest BCUT2D eigenvalue weighted by Gasteiger charge is -2.09. The molecule has 1 heterocycles. The van der Waals surface area contributed by atoms with E-state index in [0.29, 0.717) is 34.7 Å². The summed E-state index contributed by atoms with van der Waals surface area (Å²) >= 11 is 1.17. The summed E-state index contributed by atoms with van der Waals surface area (Å²) in [7, 11) is 4.72. The van der Waals surface area contributed by atoms with Crippen molar-refractivity contribution in [3.05, 3.63) is 48.0 Å². The van der Waals surface area contributed by atoms with Gasteiger partial charge in [0.15, 0.2) is 11.5 Å². The van der Waals surface area contributed by atoms with E-state index in [-0.39, 0.29) is 11.7 Å². The van der Waals surface area contributed by atoms with Crippen molar-refractivity contribution in [3.8, 4) is 28.7 Å².